The molecular formula is C20H25ClN2O2. The largest absolute Gasteiger partial charge is 0.355 e. The molecule has 1 heterocycles. The van der Waals surface area contributed by atoms with Crippen molar-refractivity contribution in [3.63, 3.8) is 0 Å². The Labute approximate surface area is 154 Å². The Hall–Kier alpha value is -1.81. The first-order chi connectivity index (χ1) is 12.0. The molecule has 1 aliphatic heterocycles. The quantitative estimate of drug-likeness (QED) is 0.806. The van der Waals surface area contributed by atoms with E-state index < -0.39 is 0 Å². The lowest BCUT2D eigenvalue weighted by atomic mass is 9.97. The van der Waals surface area contributed by atoms with Gasteiger partial charge in [0, 0.05) is 30.2 Å². The molecule has 1 unspecified atom stereocenters. The third-order valence-corrected chi connectivity index (χ3v) is 5.31. The van der Waals surface area contributed by atoms with E-state index in [1.165, 1.54) is 18.4 Å². The number of anilines is 1. The lowest BCUT2D eigenvalue weighted by molar-refractivity contribution is -0.126. The zero-order valence-electron chi connectivity index (χ0n) is 14.7. The molecular weight excluding hydrogens is 336 g/mol. The molecule has 1 aromatic carbocycles. The van der Waals surface area contributed by atoms with Gasteiger partial charge >= 0.3 is 0 Å². The van der Waals surface area contributed by atoms with Crippen LogP contribution in [0.4, 0.5) is 5.69 Å². The van der Waals surface area contributed by atoms with Crippen LogP contribution in [0.5, 0.6) is 0 Å². The number of nitrogens with one attached hydrogen (secondary N) is 1. The van der Waals surface area contributed by atoms with Crippen molar-refractivity contribution in [2.75, 3.05) is 18.0 Å². The summed E-state index contributed by atoms with van der Waals surface area (Å²) in [6.07, 6.45) is 8.35. The van der Waals surface area contributed by atoms with Gasteiger partial charge < -0.3 is 10.2 Å². The Morgan fingerprint density at radius 3 is 2.92 bits per heavy atom. The fourth-order valence-corrected chi connectivity index (χ4v) is 3.89. The lowest BCUT2D eigenvalue weighted by Gasteiger charge is -2.19. The van der Waals surface area contributed by atoms with E-state index in [9.17, 15) is 9.59 Å². The highest BCUT2D eigenvalue weighted by Crippen LogP contribution is 2.29. The van der Waals surface area contributed by atoms with Gasteiger partial charge in [0.2, 0.25) is 11.8 Å². The number of amides is 2. The molecule has 0 saturated carbocycles. The topological polar surface area (TPSA) is 49.4 Å². The van der Waals surface area contributed by atoms with E-state index in [2.05, 4.69) is 11.4 Å². The van der Waals surface area contributed by atoms with E-state index in [0.717, 1.165) is 30.5 Å². The number of allylic oxidation sites excluding steroid dienone is 1. The minimum atomic E-state index is -0.275. The van der Waals surface area contributed by atoms with Crippen molar-refractivity contribution < 1.29 is 9.59 Å². The summed E-state index contributed by atoms with van der Waals surface area (Å²) >= 11 is 5.99. The van der Waals surface area contributed by atoms with Gasteiger partial charge in [0.1, 0.15) is 0 Å². The highest BCUT2D eigenvalue weighted by atomic mass is 35.5. The SMILES string of the molecule is Cc1cc(Cl)ccc1N1CC(C(=O)NCCC2=CCCCC2)CC1=O. The summed E-state index contributed by atoms with van der Waals surface area (Å²) < 4.78 is 0. The Morgan fingerprint density at radius 2 is 2.20 bits per heavy atom. The molecule has 25 heavy (non-hydrogen) atoms. The molecule has 2 amide bonds. The summed E-state index contributed by atoms with van der Waals surface area (Å²) in [5.74, 6) is -0.289. The van der Waals surface area contributed by atoms with E-state index in [1.54, 1.807) is 11.0 Å². The van der Waals surface area contributed by atoms with Crippen LogP contribution in [0.3, 0.4) is 0 Å². The summed E-state index contributed by atoms with van der Waals surface area (Å²) in [4.78, 5) is 26.5. The van der Waals surface area contributed by atoms with Crippen LogP contribution in [0.1, 0.15) is 44.1 Å². The Balaban J connectivity index is 1.54. The van der Waals surface area contributed by atoms with Crippen LogP contribution < -0.4 is 10.2 Å². The van der Waals surface area contributed by atoms with E-state index in [0.29, 0.717) is 18.1 Å². The van der Waals surface area contributed by atoms with Gasteiger partial charge in [-0.05, 0) is 62.8 Å². The Morgan fingerprint density at radius 1 is 1.36 bits per heavy atom. The summed E-state index contributed by atoms with van der Waals surface area (Å²) in [6, 6.07) is 5.48. The first-order valence-corrected chi connectivity index (χ1v) is 9.44. The molecule has 1 fully saturated rings. The Bertz CT molecular complexity index is 699. The first-order valence-electron chi connectivity index (χ1n) is 9.07. The number of carbonyl (C=O) groups excluding carboxylic acids is 2. The monoisotopic (exact) mass is 360 g/mol. The van der Waals surface area contributed by atoms with Crippen LogP contribution in [0, 0.1) is 12.8 Å². The van der Waals surface area contributed by atoms with Gasteiger partial charge in [0.15, 0.2) is 0 Å². The molecule has 3 rings (SSSR count). The van der Waals surface area contributed by atoms with E-state index >= 15 is 0 Å². The van der Waals surface area contributed by atoms with E-state index in [1.807, 2.05) is 19.1 Å². The highest BCUT2D eigenvalue weighted by Gasteiger charge is 2.35. The van der Waals surface area contributed by atoms with Gasteiger partial charge in [0.05, 0.1) is 5.92 Å². The summed E-state index contributed by atoms with van der Waals surface area (Å²) in [5.41, 5.74) is 3.25. The van der Waals surface area contributed by atoms with Crippen molar-refractivity contribution in [1.82, 2.24) is 5.32 Å². The van der Waals surface area contributed by atoms with Gasteiger partial charge in [-0.15, -0.1) is 0 Å². The molecule has 0 bridgehead atoms. The van der Waals surface area contributed by atoms with Gasteiger partial charge in [0.25, 0.3) is 0 Å². The first kappa shape index (κ1) is 18.0. The smallest absolute Gasteiger partial charge is 0.227 e. The number of rotatable bonds is 5. The Kier molecular flexibility index (Phi) is 5.79. The number of carbonyl (C=O) groups is 2. The minimum Gasteiger partial charge on any atom is -0.355 e. The fourth-order valence-electron chi connectivity index (χ4n) is 3.66. The fraction of sp³-hybridized carbons (Fsp3) is 0.500. The maximum atomic E-state index is 12.4. The predicted molar refractivity (Wildman–Crippen MR) is 101 cm³/mol. The van der Waals surface area contributed by atoms with Crippen LogP contribution >= 0.6 is 11.6 Å². The molecule has 1 aromatic rings. The van der Waals surface area contributed by atoms with E-state index in [4.69, 9.17) is 11.6 Å². The average molecular weight is 361 g/mol. The van der Waals surface area contributed by atoms with Crippen LogP contribution in [0.25, 0.3) is 0 Å². The molecule has 5 heteroatoms. The minimum absolute atomic E-state index is 0.000520. The molecule has 134 valence electrons. The van der Waals surface area contributed by atoms with Crippen LogP contribution in [0.2, 0.25) is 5.02 Å². The van der Waals surface area contributed by atoms with Crippen LogP contribution in [-0.4, -0.2) is 24.9 Å². The van der Waals surface area contributed by atoms with Crippen molar-refractivity contribution >= 4 is 29.1 Å². The van der Waals surface area contributed by atoms with Crippen molar-refractivity contribution in [2.24, 2.45) is 5.92 Å². The number of halogens is 1. The summed E-state index contributed by atoms with van der Waals surface area (Å²) in [6.45, 7) is 3.03. The molecule has 4 nitrogen and oxygen atoms in total. The maximum Gasteiger partial charge on any atom is 0.227 e. The van der Waals surface area contributed by atoms with Crippen LogP contribution in [-0.2, 0) is 9.59 Å². The molecule has 2 aliphatic rings. The number of hydrogen-bond donors (Lipinski definition) is 1. The van der Waals surface area contributed by atoms with E-state index in [-0.39, 0.29) is 24.2 Å². The second-order valence-electron chi connectivity index (χ2n) is 6.99. The third-order valence-electron chi connectivity index (χ3n) is 5.08. The van der Waals surface area contributed by atoms with Crippen molar-refractivity contribution in [2.45, 2.75) is 45.4 Å². The second kappa shape index (κ2) is 8.05. The second-order valence-corrected chi connectivity index (χ2v) is 7.42. The number of nitrogens with zero attached hydrogens (tertiary/aromatic N) is 1. The third kappa shape index (κ3) is 4.43. The molecule has 1 saturated heterocycles. The van der Waals surface area contributed by atoms with Crippen molar-refractivity contribution in [3.8, 4) is 0 Å². The van der Waals surface area contributed by atoms with Gasteiger partial charge in [-0.2, -0.15) is 0 Å². The number of hydrogen-bond acceptors (Lipinski definition) is 2. The predicted octanol–water partition coefficient (Wildman–Crippen LogP) is 4.01. The van der Waals surface area contributed by atoms with Gasteiger partial charge in [-0.25, -0.2) is 0 Å². The van der Waals surface area contributed by atoms with Crippen molar-refractivity contribution in [1.29, 1.82) is 0 Å². The molecule has 0 aromatic heterocycles. The van der Waals surface area contributed by atoms with Crippen LogP contribution in [0.15, 0.2) is 29.8 Å². The summed E-state index contributed by atoms with van der Waals surface area (Å²) in [5, 5.41) is 3.66. The zero-order chi connectivity index (χ0) is 17.8. The van der Waals surface area contributed by atoms with Gasteiger partial charge in [-0.3, -0.25) is 9.59 Å². The number of aryl methyl sites for hydroxylation is 1. The number of benzene rings is 1. The molecule has 1 atom stereocenters. The zero-order valence-corrected chi connectivity index (χ0v) is 15.4. The molecule has 1 aliphatic carbocycles. The lowest BCUT2D eigenvalue weighted by Crippen LogP contribution is -2.33. The van der Waals surface area contributed by atoms with Gasteiger partial charge in [-0.1, -0.05) is 23.3 Å². The average Bonchev–Trinajstić information content (AvgIpc) is 2.97. The molecule has 0 radical (unpaired) electrons. The summed E-state index contributed by atoms with van der Waals surface area (Å²) in [7, 11) is 0. The highest BCUT2D eigenvalue weighted by molar-refractivity contribution is 6.30. The van der Waals surface area contributed by atoms with Crippen molar-refractivity contribution in [3.05, 3.63) is 40.4 Å². The normalized spacial score (nSPS) is 20.6. The standard InChI is InChI=1S/C20H25ClN2O2/c1-14-11-17(21)7-8-18(14)23-13-16(12-19(23)24)20(25)22-10-9-15-5-3-2-4-6-15/h5,7-8,11,16H,2-4,6,9-10,12-13H2,1H3,(H,22,25). The maximum absolute atomic E-state index is 12.4. The molecule has 0 spiro atoms. The molecule has 1 N–H and O–H groups in total.